The number of fused-ring (bicyclic) bond motifs is 1. The third-order valence-corrected chi connectivity index (χ3v) is 4.33. The van der Waals surface area contributed by atoms with Gasteiger partial charge in [-0.3, -0.25) is 0 Å². The monoisotopic (exact) mass is 274 g/mol. The Labute approximate surface area is 124 Å². The average Bonchev–Trinajstić information content (AvgIpc) is 2.43. The molecule has 2 nitrogen and oxygen atoms in total. The van der Waals surface area contributed by atoms with Crippen LogP contribution in [0.4, 0.5) is 5.69 Å². The van der Waals surface area contributed by atoms with Gasteiger partial charge in [-0.1, -0.05) is 26.0 Å². The molecule has 0 bridgehead atoms. The van der Waals surface area contributed by atoms with Crippen LogP contribution in [-0.2, 0) is 13.0 Å². The maximum Gasteiger partial charge on any atom is 0.0396 e. The Morgan fingerprint density at radius 3 is 2.75 bits per heavy atom. The van der Waals surface area contributed by atoms with Crippen LogP contribution in [0.15, 0.2) is 18.2 Å². The number of nitrogens with one attached hydrogen (secondary N) is 1. The molecule has 0 amide bonds. The van der Waals surface area contributed by atoms with Crippen molar-refractivity contribution < 1.29 is 0 Å². The minimum atomic E-state index is 0.608. The van der Waals surface area contributed by atoms with Crippen LogP contribution in [0.2, 0.25) is 0 Å². The summed E-state index contributed by atoms with van der Waals surface area (Å²) in [5, 5.41) is 3.66. The molecule has 2 rings (SSSR count). The Hall–Kier alpha value is -1.02. The molecule has 1 heterocycles. The lowest BCUT2D eigenvalue weighted by molar-refractivity contribution is 0.450. The molecule has 0 radical (unpaired) electrons. The van der Waals surface area contributed by atoms with E-state index >= 15 is 0 Å². The zero-order chi connectivity index (χ0) is 14.5. The van der Waals surface area contributed by atoms with Gasteiger partial charge in [0.1, 0.15) is 0 Å². The van der Waals surface area contributed by atoms with E-state index in [1.165, 1.54) is 49.0 Å². The predicted molar refractivity (Wildman–Crippen MR) is 88.4 cm³/mol. The van der Waals surface area contributed by atoms with Crippen LogP contribution in [0.5, 0.6) is 0 Å². The molecule has 1 aromatic carbocycles. The van der Waals surface area contributed by atoms with Crippen LogP contribution >= 0.6 is 0 Å². The Bertz CT molecular complexity index is 425. The minimum Gasteiger partial charge on any atom is -0.374 e. The summed E-state index contributed by atoms with van der Waals surface area (Å²) in [5.41, 5.74) is 4.37. The van der Waals surface area contributed by atoms with Gasteiger partial charge in [-0.2, -0.15) is 0 Å². The second-order valence-electron chi connectivity index (χ2n) is 6.74. The van der Waals surface area contributed by atoms with E-state index in [4.69, 9.17) is 0 Å². The topological polar surface area (TPSA) is 15.3 Å². The highest BCUT2D eigenvalue weighted by Gasteiger charge is 2.13. The van der Waals surface area contributed by atoms with Crippen LogP contribution in [0, 0.1) is 5.92 Å². The van der Waals surface area contributed by atoms with Gasteiger partial charge in [-0.15, -0.1) is 0 Å². The van der Waals surface area contributed by atoms with E-state index in [2.05, 4.69) is 56.2 Å². The summed E-state index contributed by atoms with van der Waals surface area (Å²) in [6.07, 6.45) is 5.09. The van der Waals surface area contributed by atoms with Crippen molar-refractivity contribution >= 4 is 5.69 Å². The molecule has 1 N–H and O–H groups in total. The smallest absolute Gasteiger partial charge is 0.0396 e. The molecule has 0 saturated heterocycles. The first kappa shape index (κ1) is 15.4. The standard InChI is InChI=1S/C18H30N2/c1-14(2)7-8-15(3)19-13-16-9-10-18-17(12-16)6-5-11-20(18)4/h9-10,12,14-15,19H,5-8,11,13H2,1-4H3. The molecule has 0 spiro atoms. The largest absolute Gasteiger partial charge is 0.374 e. The van der Waals surface area contributed by atoms with Crippen molar-refractivity contribution in [1.29, 1.82) is 0 Å². The van der Waals surface area contributed by atoms with Gasteiger partial charge in [-0.25, -0.2) is 0 Å². The van der Waals surface area contributed by atoms with Gasteiger partial charge in [0.05, 0.1) is 0 Å². The number of rotatable bonds is 6. The van der Waals surface area contributed by atoms with Crippen LogP contribution in [0.1, 0.15) is 51.2 Å². The molecular formula is C18H30N2. The highest BCUT2D eigenvalue weighted by atomic mass is 15.1. The first-order valence-corrected chi connectivity index (χ1v) is 8.12. The van der Waals surface area contributed by atoms with Gasteiger partial charge in [0.15, 0.2) is 0 Å². The van der Waals surface area contributed by atoms with E-state index in [1.54, 1.807) is 0 Å². The van der Waals surface area contributed by atoms with Crippen molar-refractivity contribution in [2.75, 3.05) is 18.5 Å². The van der Waals surface area contributed by atoms with Crippen LogP contribution in [-0.4, -0.2) is 19.6 Å². The molecule has 20 heavy (non-hydrogen) atoms. The first-order chi connectivity index (χ1) is 9.56. The molecule has 2 heteroatoms. The van der Waals surface area contributed by atoms with E-state index in [1.807, 2.05) is 0 Å². The van der Waals surface area contributed by atoms with E-state index < -0.39 is 0 Å². The quantitative estimate of drug-likeness (QED) is 0.844. The molecule has 0 aromatic heterocycles. The molecule has 1 aliphatic heterocycles. The Kier molecular flexibility index (Phi) is 5.47. The van der Waals surface area contributed by atoms with Gasteiger partial charge in [0.25, 0.3) is 0 Å². The number of hydrogen-bond acceptors (Lipinski definition) is 2. The Morgan fingerprint density at radius 1 is 1.20 bits per heavy atom. The van der Waals surface area contributed by atoms with Crippen molar-refractivity contribution in [2.24, 2.45) is 5.92 Å². The SMILES string of the molecule is CC(C)CCC(C)NCc1ccc2c(c1)CCCN2C. The fourth-order valence-electron chi connectivity index (χ4n) is 2.93. The minimum absolute atomic E-state index is 0.608. The van der Waals surface area contributed by atoms with Crippen LogP contribution < -0.4 is 10.2 Å². The van der Waals surface area contributed by atoms with Crippen molar-refractivity contribution in [3.05, 3.63) is 29.3 Å². The summed E-state index contributed by atoms with van der Waals surface area (Å²) < 4.78 is 0. The van der Waals surface area contributed by atoms with E-state index in [0.29, 0.717) is 6.04 Å². The predicted octanol–water partition coefficient (Wildman–Crippen LogP) is 3.98. The van der Waals surface area contributed by atoms with Crippen LogP contribution in [0.25, 0.3) is 0 Å². The number of aryl methyl sites for hydroxylation is 1. The third kappa shape index (κ3) is 4.24. The van der Waals surface area contributed by atoms with Gasteiger partial charge < -0.3 is 10.2 Å². The normalized spacial score (nSPS) is 16.4. The Balaban J connectivity index is 1.87. The number of benzene rings is 1. The number of hydrogen-bond donors (Lipinski definition) is 1. The zero-order valence-electron chi connectivity index (χ0n) is 13.6. The highest BCUT2D eigenvalue weighted by molar-refractivity contribution is 5.56. The summed E-state index contributed by atoms with van der Waals surface area (Å²) >= 11 is 0. The van der Waals surface area contributed by atoms with Crippen molar-refractivity contribution in [3.63, 3.8) is 0 Å². The molecule has 1 atom stereocenters. The van der Waals surface area contributed by atoms with E-state index in [0.717, 1.165) is 12.5 Å². The third-order valence-electron chi connectivity index (χ3n) is 4.33. The van der Waals surface area contributed by atoms with E-state index in [-0.39, 0.29) is 0 Å². The lowest BCUT2D eigenvalue weighted by atomic mass is 9.99. The maximum atomic E-state index is 3.66. The average molecular weight is 274 g/mol. The second-order valence-corrected chi connectivity index (χ2v) is 6.74. The summed E-state index contributed by atoms with van der Waals surface area (Å²) in [4.78, 5) is 2.38. The van der Waals surface area contributed by atoms with Gasteiger partial charge in [-0.05, 0) is 55.7 Å². The number of anilines is 1. The Morgan fingerprint density at radius 2 is 2.00 bits per heavy atom. The second kappa shape index (κ2) is 7.12. The number of nitrogens with zero attached hydrogens (tertiary/aromatic N) is 1. The fourth-order valence-corrected chi connectivity index (χ4v) is 2.93. The van der Waals surface area contributed by atoms with Crippen molar-refractivity contribution in [1.82, 2.24) is 5.32 Å². The summed E-state index contributed by atoms with van der Waals surface area (Å²) in [6.45, 7) is 9.08. The molecule has 0 saturated carbocycles. The maximum absolute atomic E-state index is 3.66. The van der Waals surface area contributed by atoms with Crippen molar-refractivity contribution in [3.8, 4) is 0 Å². The molecule has 1 aliphatic rings. The van der Waals surface area contributed by atoms with Gasteiger partial charge >= 0.3 is 0 Å². The lowest BCUT2D eigenvalue weighted by Gasteiger charge is -2.28. The molecular weight excluding hydrogens is 244 g/mol. The van der Waals surface area contributed by atoms with Gasteiger partial charge in [0, 0.05) is 31.9 Å². The zero-order valence-corrected chi connectivity index (χ0v) is 13.6. The van der Waals surface area contributed by atoms with Crippen molar-refractivity contribution in [2.45, 2.75) is 59.0 Å². The van der Waals surface area contributed by atoms with Crippen LogP contribution in [0.3, 0.4) is 0 Å². The fraction of sp³-hybridized carbons (Fsp3) is 0.667. The van der Waals surface area contributed by atoms with Gasteiger partial charge in [0.2, 0.25) is 0 Å². The molecule has 1 unspecified atom stereocenters. The summed E-state index contributed by atoms with van der Waals surface area (Å²) in [7, 11) is 2.20. The molecule has 112 valence electrons. The summed E-state index contributed by atoms with van der Waals surface area (Å²) in [5.74, 6) is 0.804. The lowest BCUT2D eigenvalue weighted by Crippen LogP contribution is -2.27. The first-order valence-electron chi connectivity index (χ1n) is 8.12. The molecule has 0 fully saturated rings. The highest BCUT2D eigenvalue weighted by Crippen LogP contribution is 2.26. The summed E-state index contributed by atoms with van der Waals surface area (Å²) in [6, 6.07) is 7.58. The van der Waals surface area contributed by atoms with E-state index in [9.17, 15) is 0 Å². The molecule has 1 aromatic rings. The molecule has 0 aliphatic carbocycles.